The molecular weight excluding hydrogens is 240 g/mol. The van der Waals surface area contributed by atoms with E-state index in [9.17, 15) is 4.79 Å². The number of alkyl carbamates (subject to hydrolysis) is 1. The summed E-state index contributed by atoms with van der Waals surface area (Å²) in [6.45, 7) is 7.93. The monoisotopic (exact) mass is 264 g/mol. The Morgan fingerprint density at radius 3 is 2.37 bits per heavy atom. The van der Waals surface area contributed by atoms with Crippen molar-refractivity contribution in [3.63, 3.8) is 0 Å². The van der Waals surface area contributed by atoms with Gasteiger partial charge in [0.15, 0.2) is 0 Å². The summed E-state index contributed by atoms with van der Waals surface area (Å²) in [7, 11) is 0. The highest BCUT2D eigenvalue weighted by atomic mass is 16.6. The van der Waals surface area contributed by atoms with Gasteiger partial charge in [-0.3, -0.25) is 0 Å². The van der Waals surface area contributed by atoms with Crippen molar-refractivity contribution in [3.05, 3.63) is 35.9 Å². The lowest BCUT2D eigenvalue weighted by molar-refractivity contribution is 0.0523. The van der Waals surface area contributed by atoms with Crippen LogP contribution in [0.5, 0.6) is 0 Å². The van der Waals surface area contributed by atoms with Crippen LogP contribution in [0.4, 0.5) is 4.79 Å². The number of nitrogens with two attached hydrogens (primary N) is 1. The molecule has 0 aliphatic heterocycles. The Hall–Kier alpha value is -1.55. The van der Waals surface area contributed by atoms with Gasteiger partial charge in [-0.05, 0) is 33.3 Å². The Morgan fingerprint density at radius 1 is 1.32 bits per heavy atom. The molecule has 3 N–H and O–H groups in total. The molecule has 19 heavy (non-hydrogen) atoms. The molecule has 1 aromatic carbocycles. The van der Waals surface area contributed by atoms with E-state index in [4.69, 9.17) is 10.5 Å². The zero-order valence-corrected chi connectivity index (χ0v) is 12.1. The number of rotatable bonds is 4. The van der Waals surface area contributed by atoms with E-state index < -0.39 is 11.7 Å². The van der Waals surface area contributed by atoms with Gasteiger partial charge < -0.3 is 15.8 Å². The van der Waals surface area contributed by atoms with Crippen LogP contribution in [0.15, 0.2) is 30.3 Å². The maximum atomic E-state index is 11.6. The molecule has 0 aliphatic rings. The first kappa shape index (κ1) is 15.5. The molecular formula is C15H24N2O2. The minimum atomic E-state index is -0.485. The fraction of sp³-hybridized carbons (Fsp3) is 0.533. The van der Waals surface area contributed by atoms with Crippen molar-refractivity contribution in [2.24, 2.45) is 5.73 Å². The molecule has 106 valence electrons. The molecule has 0 spiro atoms. The van der Waals surface area contributed by atoms with Crippen LogP contribution in [-0.2, 0) is 4.74 Å². The zero-order valence-electron chi connectivity index (χ0n) is 12.1. The maximum Gasteiger partial charge on any atom is 0.407 e. The zero-order chi connectivity index (χ0) is 14.5. The van der Waals surface area contributed by atoms with E-state index in [0.717, 1.165) is 5.56 Å². The van der Waals surface area contributed by atoms with Crippen LogP contribution in [0.25, 0.3) is 0 Å². The lowest BCUT2D eigenvalue weighted by Crippen LogP contribution is -2.38. The molecule has 0 bridgehead atoms. The van der Waals surface area contributed by atoms with Crippen molar-refractivity contribution >= 4 is 6.09 Å². The number of benzene rings is 1. The fourth-order valence-corrected chi connectivity index (χ4v) is 1.82. The fourth-order valence-electron chi connectivity index (χ4n) is 1.82. The van der Waals surface area contributed by atoms with E-state index in [1.165, 1.54) is 0 Å². The normalized spacial score (nSPS) is 14.6. The number of hydrogen-bond acceptors (Lipinski definition) is 3. The third kappa shape index (κ3) is 5.75. The first-order valence-electron chi connectivity index (χ1n) is 6.57. The Balaban J connectivity index is 2.59. The number of ether oxygens (including phenoxy) is 1. The van der Waals surface area contributed by atoms with Crippen molar-refractivity contribution in [2.45, 2.75) is 45.3 Å². The molecule has 0 saturated carbocycles. The second kappa shape index (κ2) is 6.57. The predicted molar refractivity (Wildman–Crippen MR) is 77.1 cm³/mol. The molecule has 0 radical (unpaired) electrons. The molecule has 1 amide bonds. The summed E-state index contributed by atoms with van der Waals surface area (Å²) in [5.74, 6) is 0.0775. The van der Waals surface area contributed by atoms with Crippen molar-refractivity contribution in [3.8, 4) is 0 Å². The Labute approximate surface area is 115 Å². The SMILES string of the molecule is CC(N)C(CNC(=O)OC(C)(C)C)c1ccccc1. The second-order valence-electron chi connectivity index (χ2n) is 5.76. The summed E-state index contributed by atoms with van der Waals surface area (Å²) in [5, 5.41) is 2.78. The molecule has 0 aromatic heterocycles. The molecule has 0 aliphatic carbocycles. The molecule has 1 rings (SSSR count). The summed E-state index contributed by atoms with van der Waals surface area (Å²) in [6.07, 6.45) is -0.408. The molecule has 1 aromatic rings. The minimum Gasteiger partial charge on any atom is -0.444 e. The van der Waals surface area contributed by atoms with Gasteiger partial charge in [0.1, 0.15) is 5.60 Å². The molecule has 4 nitrogen and oxygen atoms in total. The van der Waals surface area contributed by atoms with Crippen LogP contribution in [0.2, 0.25) is 0 Å². The lowest BCUT2D eigenvalue weighted by atomic mass is 9.93. The standard InChI is InChI=1S/C15H24N2O2/c1-11(16)13(12-8-6-5-7-9-12)10-17-14(18)19-15(2,3)4/h5-9,11,13H,10,16H2,1-4H3,(H,17,18). The van der Waals surface area contributed by atoms with Gasteiger partial charge in [0.05, 0.1) is 0 Å². The van der Waals surface area contributed by atoms with Crippen molar-refractivity contribution in [1.29, 1.82) is 0 Å². The smallest absolute Gasteiger partial charge is 0.407 e. The highest BCUT2D eigenvalue weighted by Crippen LogP contribution is 2.17. The largest absolute Gasteiger partial charge is 0.444 e. The molecule has 0 saturated heterocycles. The van der Waals surface area contributed by atoms with Crippen molar-refractivity contribution in [1.82, 2.24) is 5.32 Å². The van der Waals surface area contributed by atoms with E-state index in [-0.39, 0.29) is 12.0 Å². The van der Waals surface area contributed by atoms with E-state index >= 15 is 0 Å². The average Bonchev–Trinajstić information content (AvgIpc) is 2.27. The lowest BCUT2D eigenvalue weighted by Gasteiger charge is -2.24. The van der Waals surface area contributed by atoms with Gasteiger partial charge in [-0.25, -0.2) is 4.79 Å². The third-order valence-corrected chi connectivity index (χ3v) is 2.73. The average molecular weight is 264 g/mol. The molecule has 4 heteroatoms. The van der Waals surface area contributed by atoms with E-state index in [1.54, 1.807) is 0 Å². The van der Waals surface area contributed by atoms with Gasteiger partial charge in [-0.15, -0.1) is 0 Å². The first-order chi connectivity index (χ1) is 8.79. The van der Waals surface area contributed by atoms with Gasteiger partial charge in [0, 0.05) is 18.5 Å². The summed E-state index contributed by atoms with van der Waals surface area (Å²) >= 11 is 0. The molecule has 2 atom stereocenters. The first-order valence-corrected chi connectivity index (χ1v) is 6.57. The van der Waals surface area contributed by atoms with Gasteiger partial charge >= 0.3 is 6.09 Å². The van der Waals surface area contributed by atoms with Crippen LogP contribution in [0.3, 0.4) is 0 Å². The minimum absolute atomic E-state index is 0.0441. The highest BCUT2D eigenvalue weighted by Gasteiger charge is 2.20. The van der Waals surface area contributed by atoms with Gasteiger partial charge in [0.2, 0.25) is 0 Å². The van der Waals surface area contributed by atoms with E-state index in [2.05, 4.69) is 5.32 Å². The Kier molecular flexibility index (Phi) is 5.36. The van der Waals surface area contributed by atoms with Crippen molar-refractivity contribution in [2.75, 3.05) is 6.54 Å². The Morgan fingerprint density at radius 2 is 1.89 bits per heavy atom. The summed E-state index contributed by atoms with van der Waals surface area (Å²) in [5.41, 5.74) is 6.62. The van der Waals surface area contributed by atoms with Crippen LogP contribution in [0, 0.1) is 0 Å². The highest BCUT2D eigenvalue weighted by molar-refractivity contribution is 5.67. The second-order valence-corrected chi connectivity index (χ2v) is 5.76. The van der Waals surface area contributed by atoms with E-state index in [1.807, 2.05) is 58.0 Å². The number of nitrogens with one attached hydrogen (secondary N) is 1. The van der Waals surface area contributed by atoms with Gasteiger partial charge in [-0.2, -0.15) is 0 Å². The van der Waals surface area contributed by atoms with Crippen LogP contribution in [0.1, 0.15) is 39.2 Å². The van der Waals surface area contributed by atoms with Crippen molar-refractivity contribution < 1.29 is 9.53 Å². The summed E-state index contributed by atoms with van der Waals surface area (Å²) in [4.78, 5) is 11.6. The molecule has 2 unspecified atom stereocenters. The maximum absolute atomic E-state index is 11.6. The van der Waals surface area contributed by atoms with Crippen LogP contribution >= 0.6 is 0 Å². The van der Waals surface area contributed by atoms with Crippen LogP contribution < -0.4 is 11.1 Å². The summed E-state index contributed by atoms with van der Waals surface area (Å²) in [6, 6.07) is 9.90. The third-order valence-electron chi connectivity index (χ3n) is 2.73. The topological polar surface area (TPSA) is 64.3 Å². The number of amides is 1. The van der Waals surface area contributed by atoms with Gasteiger partial charge in [0.25, 0.3) is 0 Å². The van der Waals surface area contributed by atoms with E-state index in [0.29, 0.717) is 6.54 Å². The number of hydrogen-bond donors (Lipinski definition) is 2. The quantitative estimate of drug-likeness (QED) is 0.878. The number of carbonyl (C=O) groups is 1. The van der Waals surface area contributed by atoms with Crippen LogP contribution in [-0.4, -0.2) is 24.3 Å². The summed E-state index contributed by atoms with van der Waals surface area (Å²) < 4.78 is 5.21. The van der Waals surface area contributed by atoms with Gasteiger partial charge in [-0.1, -0.05) is 30.3 Å². The predicted octanol–water partition coefficient (Wildman–Crippen LogP) is 2.64. The molecule has 0 fully saturated rings. The Bertz CT molecular complexity index is 396. The molecule has 0 heterocycles. The number of carbonyl (C=O) groups excluding carboxylic acids is 1.